The molecule has 0 spiro atoms. The van der Waals surface area contributed by atoms with Gasteiger partial charge in [0.15, 0.2) is 17.3 Å². The van der Waals surface area contributed by atoms with Gasteiger partial charge in [0.05, 0.1) is 30.2 Å². The van der Waals surface area contributed by atoms with Gasteiger partial charge in [-0.2, -0.15) is 5.10 Å². The molecule has 1 aromatic carbocycles. The van der Waals surface area contributed by atoms with Crippen LogP contribution in [-0.4, -0.2) is 61.9 Å². The smallest absolute Gasteiger partial charge is 0.404 e. The molecular weight excluding hydrogens is 481 g/mol. The van der Waals surface area contributed by atoms with Crippen molar-refractivity contribution in [3.8, 4) is 11.4 Å². The number of nitrogens with zero attached hydrogens (tertiary/aromatic N) is 5. The van der Waals surface area contributed by atoms with Crippen LogP contribution in [-0.2, 0) is 7.05 Å². The Hall–Kier alpha value is -4.36. The fourth-order valence-corrected chi connectivity index (χ4v) is 4.10. The first-order valence-corrected chi connectivity index (χ1v) is 10.9. The molecule has 3 aromatic rings. The highest BCUT2D eigenvalue weighted by Gasteiger charge is 2.40. The zero-order valence-electron chi connectivity index (χ0n) is 19.1. The molecule has 1 atom stereocenters. The van der Waals surface area contributed by atoms with Crippen LogP contribution in [0.25, 0.3) is 11.4 Å². The van der Waals surface area contributed by atoms with Crippen molar-refractivity contribution in [3.63, 3.8) is 0 Å². The number of nitrogen functional groups attached to an aromatic ring is 1. The third-order valence-corrected chi connectivity index (χ3v) is 5.64. The van der Waals surface area contributed by atoms with Gasteiger partial charge < -0.3 is 26.4 Å². The molecule has 2 amide bonds. The minimum atomic E-state index is -3.21. The number of anilines is 3. The number of hydrogen-bond donors (Lipinski definition) is 4. The highest BCUT2D eigenvalue weighted by molar-refractivity contribution is 6.07. The Morgan fingerprint density at radius 3 is 2.72 bits per heavy atom. The predicted molar refractivity (Wildman–Crippen MR) is 124 cm³/mol. The van der Waals surface area contributed by atoms with Crippen LogP contribution >= 0.6 is 0 Å². The number of hydrogen-bond acceptors (Lipinski definition) is 7. The number of nitrogens with two attached hydrogens (primary N) is 1. The molecule has 4 rings (SSSR count). The van der Waals surface area contributed by atoms with Gasteiger partial charge in [-0.25, -0.2) is 27.9 Å². The van der Waals surface area contributed by atoms with Crippen LogP contribution < -0.4 is 21.3 Å². The van der Waals surface area contributed by atoms with Gasteiger partial charge in [0.1, 0.15) is 11.5 Å². The summed E-state index contributed by atoms with van der Waals surface area (Å²) in [6, 6.07) is 4.83. The molecule has 11 nitrogen and oxygen atoms in total. The number of halogens is 3. The van der Waals surface area contributed by atoms with Gasteiger partial charge >= 0.3 is 6.09 Å². The molecule has 5 N–H and O–H groups in total. The van der Waals surface area contributed by atoms with Crippen molar-refractivity contribution in [1.29, 1.82) is 0 Å². The van der Waals surface area contributed by atoms with Crippen LogP contribution in [0.2, 0.25) is 0 Å². The van der Waals surface area contributed by atoms with E-state index in [9.17, 15) is 22.8 Å². The molecule has 1 saturated heterocycles. The number of carbonyl (C=O) groups is 2. The maximum atomic E-state index is 14.6. The summed E-state index contributed by atoms with van der Waals surface area (Å²) >= 11 is 0. The van der Waals surface area contributed by atoms with Crippen LogP contribution in [0.15, 0.2) is 36.7 Å². The summed E-state index contributed by atoms with van der Waals surface area (Å²) in [6.07, 6.45) is 0.545. The maximum Gasteiger partial charge on any atom is 0.404 e. The second-order valence-corrected chi connectivity index (χ2v) is 8.35. The van der Waals surface area contributed by atoms with Gasteiger partial charge in [0.25, 0.3) is 11.8 Å². The molecule has 1 fully saturated rings. The summed E-state index contributed by atoms with van der Waals surface area (Å²) in [5.74, 6) is -4.42. The molecular formula is C22H23F3N8O3. The summed E-state index contributed by atoms with van der Waals surface area (Å²) in [4.78, 5) is 33.5. The highest BCUT2D eigenvalue weighted by atomic mass is 19.3. The average molecular weight is 504 g/mol. The van der Waals surface area contributed by atoms with Gasteiger partial charge in [-0.3, -0.25) is 9.48 Å². The monoisotopic (exact) mass is 504 g/mol. The number of alkyl halides is 2. The Balaban J connectivity index is 1.60. The Kier molecular flexibility index (Phi) is 6.68. The van der Waals surface area contributed by atoms with E-state index in [4.69, 9.17) is 10.8 Å². The van der Waals surface area contributed by atoms with Crippen LogP contribution in [0.5, 0.6) is 0 Å². The molecule has 0 bridgehead atoms. The Labute approximate surface area is 203 Å². The Bertz CT molecular complexity index is 1300. The lowest BCUT2D eigenvalue weighted by molar-refractivity contribution is -0.00310. The van der Waals surface area contributed by atoms with E-state index in [0.29, 0.717) is 0 Å². The Morgan fingerprint density at radius 1 is 1.25 bits per heavy atom. The lowest BCUT2D eigenvalue weighted by Crippen LogP contribution is -2.39. The zero-order chi connectivity index (χ0) is 26.0. The number of aromatic nitrogens is 4. The lowest BCUT2D eigenvalue weighted by atomic mass is 10.1. The number of rotatable bonds is 5. The van der Waals surface area contributed by atoms with Gasteiger partial charge in [-0.05, 0) is 18.6 Å². The molecule has 1 aliphatic heterocycles. The summed E-state index contributed by atoms with van der Waals surface area (Å²) in [7, 11) is 1.52. The van der Waals surface area contributed by atoms with Crippen molar-refractivity contribution in [1.82, 2.24) is 25.1 Å². The number of benzene rings is 1. The third kappa shape index (κ3) is 5.31. The van der Waals surface area contributed by atoms with Crippen molar-refractivity contribution in [2.45, 2.75) is 24.8 Å². The minimum absolute atomic E-state index is 0.0528. The van der Waals surface area contributed by atoms with E-state index in [1.165, 1.54) is 47.2 Å². The van der Waals surface area contributed by atoms with E-state index in [1.54, 1.807) is 6.07 Å². The van der Waals surface area contributed by atoms with E-state index < -0.39 is 42.7 Å². The van der Waals surface area contributed by atoms with Gasteiger partial charge in [-0.15, -0.1) is 0 Å². The number of aryl methyl sites for hydroxylation is 1. The first kappa shape index (κ1) is 24.8. The number of carbonyl (C=O) groups excluding carboxylic acids is 1. The number of nitrogens with one attached hydrogen (secondary N) is 2. The quantitative estimate of drug-likeness (QED) is 0.414. The first-order chi connectivity index (χ1) is 17.0. The molecule has 0 aliphatic carbocycles. The van der Waals surface area contributed by atoms with E-state index in [0.717, 1.165) is 0 Å². The largest absolute Gasteiger partial charge is 0.465 e. The fourth-order valence-electron chi connectivity index (χ4n) is 4.10. The molecule has 36 heavy (non-hydrogen) atoms. The zero-order valence-corrected chi connectivity index (χ0v) is 19.1. The van der Waals surface area contributed by atoms with Gasteiger partial charge in [-0.1, -0.05) is 12.1 Å². The van der Waals surface area contributed by atoms with Crippen LogP contribution in [0.4, 0.5) is 35.2 Å². The average Bonchev–Trinajstić information content (AvgIpc) is 3.08. The van der Waals surface area contributed by atoms with Crippen LogP contribution in [0.1, 0.15) is 23.3 Å². The topological polar surface area (TPSA) is 151 Å². The van der Waals surface area contributed by atoms with Crippen molar-refractivity contribution >= 4 is 29.2 Å². The summed E-state index contributed by atoms with van der Waals surface area (Å²) in [6.45, 7) is -0.629. The predicted octanol–water partition coefficient (Wildman–Crippen LogP) is 2.72. The lowest BCUT2D eigenvalue weighted by Gasteiger charge is -2.26. The molecule has 1 unspecified atom stereocenters. The van der Waals surface area contributed by atoms with E-state index in [-0.39, 0.29) is 47.2 Å². The molecule has 2 aromatic heterocycles. The molecule has 190 valence electrons. The van der Waals surface area contributed by atoms with Crippen molar-refractivity contribution in [3.05, 3.63) is 48.2 Å². The van der Waals surface area contributed by atoms with Crippen molar-refractivity contribution in [2.75, 3.05) is 29.0 Å². The van der Waals surface area contributed by atoms with Gasteiger partial charge in [0, 0.05) is 26.1 Å². The SMILES string of the molecule is Cn1ncc(NC(=O)c2nc(-c3ccccc3F)ncc2N)c1N1CCC(NC(=O)O)CC(F)(F)C1. The van der Waals surface area contributed by atoms with Crippen LogP contribution in [0.3, 0.4) is 0 Å². The normalized spacial score (nSPS) is 17.3. The van der Waals surface area contributed by atoms with E-state index in [1.807, 2.05) is 0 Å². The summed E-state index contributed by atoms with van der Waals surface area (Å²) < 4.78 is 44.8. The molecule has 14 heteroatoms. The summed E-state index contributed by atoms with van der Waals surface area (Å²) in [5, 5.41) is 17.7. The third-order valence-electron chi connectivity index (χ3n) is 5.64. The fraction of sp³-hybridized carbons (Fsp3) is 0.318. The van der Waals surface area contributed by atoms with Gasteiger partial charge in [0.2, 0.25) is 0 Å². The van der Waals surface area contributed by atoms with Crippen molar-refractivity contribution in [2.24, 2.45) is 7.05 Å². The molecule has 3 heterocycles. The Morgan fingerprint density at radius 2 is 2.00 bits per heavy atom. The van der Waals surface area contributed by atoms with Crippen molar-refractivity contribution < 1.29 is 27.9 Å². The minimum Gasteiger partial charge on any atom is -0.465 e. The van der Waals surface area contributed by atoms with E-state index >= 15 is 0 Å². The van der Waals surface area contributed by atoms with E-state index in [2.05, 4.69) is 25.7 Å². The second kappa shape index (κ2) is 9.71. The first-order valence-electron chi connectivity index (χ1n) is 10.9. The molecule has 1 aliphatic rings. The standard InChI is InChI=1S/C22H23F3N8O3/c1-32-20(33-7-6-12(29-21(35)36)8-22(24,25)11-33)16(10-28-32)30-19(34)17-15(26)9-27-18(31-17)13-4-2-3-5-14(13)23/h2-5,9-10,12,29H,6-8,11,26H2,1H3,(H,30,34)(H,35,36). The highest BCUT2D eigenvalue weighted by Crippen LogP contribution is 2.33. The molecule has 0 radical (unpaired) electrons. The maximum absolute atomic E-state index is 14.6. The number of carboxylic acid groups (broad SMARTS) is 1. The second-order valence-electron chi connectivity index (χ2n) is 8.35. The molecule has 0 saturated carbocycles. The number of amides is 2. The summed E-state index contributed by atoms with van der Waals surface area (Å²) in [5.41, 5.74) is 5.79. The van der Waals surface area contributed by atoms with Crippen LogP contribution in [0, 0.1) is 5.82 Å².